The van der Waals surface area contributed by atoms with E-state index in [0.717, 1.165) is 4.88 Å². The van der Waals surface area contributed by atoms with Crippen molar-refractivity contribution in [3.8, 4) is 5.75 Å². The van der Waals surface area contributed by atoms with Gasteiger partial charge in [0.25, 0.3) is 0 Å². The molecule has 1 aromatic heterocycles. The predicted octanol–water partition coefficient (Wildman–Crippen LogP) is 3.32. The zero-order chi connectivity index (χ0) is 13.9. The Balaban J connectivity index is 2.09. The van der Waals surface area contributed by atoms with E-state index < -0.39 is 12.5 Å². The standard InChI is InChI=1S/C12H10F3NO2S/c13-12(14,15)18-9-3-1-2-8(4-9)11(17)5-10-6-16-7-19-10/h1-4,6-7,11,17H,5H2. The lowest BCUT2D eigenvalue weighted by Gasteiger charge is -2.13. The molecular weight excluding hydrogens is 279 g/mol. The van der Waals surface area contributed by atoms with Crippen molar-refractivity contribution >= 4 is 11.3 Å². The Bertz CT molecular complexity index is 528. The molecule has 7 heteroatoms. The third-order valence-corrected chi connectivity index (χ3v) is 3.16. The summed E-state index contributed by atoms with van der Waals surface area (Å²) in [7, 11) is 0. The van der Waals surface area contributed by atoms with E-state index in [1.54, 1.807) is 17.8 Å². The van der Waals surface area contributed by atoms with Crippen molar-refractivity contribution in [3.63, 3.8) is 0 Å². The van der Waals surface area contributed by atoms with Gasteiger partial charge < -0.3 is 9.84 Å². The fourth-order valence-corrected chi connectivity index (χ4v) is 2.20. The fraction of sp³-hybridized carbons (Fsp3) is 0.250. The molecule has 3 nitrogen and oxygen atoms in total. The van der Waals surface area contributed by atoms with E-state index >= 15 is 0 Å². The van der Waals surface area contributed by atoms with Gasteiger partial charge in [0.05, 0.1) is 11.6 Å². The number of benzene rings is 1. The van der Waals surface area contributed by atoms with Crippen molar-refractivity contribution in [1.29, 1.82) is 0 Å². The first-order valence-electron chi connectivity index (χ1n) is 5.35. The first-order valence-corrected chi connectivity index (χ1v) is 6.23. The lowest BCUT2D eigenvalue weighted by atomic mass is 10.1. The molecule has 1 N–H and O–H groups in total. The van der Waals surface area contributed by atoms with E-state index in [0.29, 0.717) is 12.0 Å². The van der Waals surface area contributed by atoms with Gasteiger partial charge in [0.15, 0.2) is 0 Å². The van der Waals surface area contributed by atoms with Crippen LogP contribution in [0.5, 0.6) is 5.75 Å². The van der Waals surface area contributed by atoms with Crippen molar-refractivity contribution in [2.24, 2.45) is 0 Å². The number of thiazole rings is 1. The van der Waals surface area contributed by atoms with Crippen molar-refractivity contribution in [1.82, 2.24) is 4.98 Å². The fourth-order valence-electron chi connectivity index (χ4n) is 1.57. The maximum Gasteiger partial charge on any atom is 0.573 e. The summed E-state index contributed by atoms with van der Waals surface area (Å²) >= 11 is 1.38. The van der Waals surface area contributed by atoms with E-state index in [9.17, 15) is 18.3 Å². The summed E-state index contributed by atoms with van der Waals surface area (Å²) < 4.78 is 40.1. The van der Waals surface area contributed by atoms with Crippen LogP contribution in [0, 0.1) is 0 Å². The number of aromatic nitrogens is 1. The smallest absolute Gasteiger partial charge is 0.406 e. The maximum atomic E-state index is 12.1. The van der Waals surface area contributed by atoms with Crippen LogP contribution in [-0.4, -0.2) is 16.5 Å². The van der Waals surface area contributed by atoms with E-state index in [1.165, 1.54) is 29.5 Å². The normalized spacial score (nSPS) is 13.3. The third kappa shape index (κ3) is 4.22. The first-order chi connectivity index (χ1) is 8.94. The number of ether oxygens (including phenoxy) is 1. The largest absolute Gasteiger partial charge is 0.573 e. The Hall–Kier alpha value is -1.60. The summed E-state index contributed by atoms with van der Waals surface area (Å²) in [6, 6.07) is 5.33. The number of aliphatic hydroxyl groups is 1. The van der Waals surface area contributed by atoms with Gasteiger partial charge in [-0.1, -0.05) is 12.1 Å². The van der Waals surface area contributed by atoms with Crippen LogP contribution in [-0.2, 0) is 6.42 Å². The molecule has 0 spiro atoms. The molecule has 1 heterocycles. The topological polar surface area (TPSA) is 42.4 Å². The summed E-state index contributed by atoms with van der Waals surface area (Å²) in [5.41, 5.74) is 2.00. The number of halogens is 3. The SMILES string of the molecule is OC(Cc1cncs1)c1cccc(OC(F)(F)F)c1. The van der Waals surface area contributed by atoms with Crippen LogP contribution >= 0.6 is 11.3 Å². The molecule has 0 amide bonds. The zero-order valence-electron chi connectivity index (χ0n) is 9.59. The van der Waals surface area contributed by atoms with Crippen LogP contribution in [0.4, 0.5) is 13.2 Å². The summed E-state index contributed by atoms with van der Waals surface area (Å²) in [6.45, 7) is 0. The first kappa shape index (κ1) is 13.8. The van der Waals surface area contributed by atoms with Gasteiger partial charge in [0.1, 0.15) is 5.75 Å². The van der Waals surface area contributed by atoms with Crippen molar-refractivity contribution < 1.29 is 23.0 Å². The van der Waals surface area contributed by atoms with Gasteiger partial charge in [0.2, 0.25) is 0 Å². The summed E-state index contributed by atoms with van der Waals surface area (Å²) in [5, 5.41) is 9.96. The van der Waals surface area contributed by atoms with E-state index in [4.69, 9.17) is 0 Å². The van der Waals surface area contributed by atoms with Gasteiger partial charge in [0, 0.05) is 17.5 Å². The van der Waals surface area contributed by atoms with Gasteiger partial charge in [-0.05, 0) is 17.7 Å². The molecule has 0 aliphatic carbocycles. The molecule has 1 unspecified atom stereocenters. The van der Waals surface area contributed by atoms with Gasteiger partial charge in [-0.15, -0.1) is 24.5 Å². The van der Waals surface area contributed by atoms with Gasteiger partial charge in [-0.25, -0.2) is 0 Å². The van der Waals surface area contributed by atoms with Crippen LogP contribution in [0.1, 0.15) is 16.5 Å². The van der Waals surface area contributed by atoms with Crippen molar-refractivity contribution in [2.75, 3.05) is 0 Å². The average molecular weight is 289 g/mol. The number of rotatable bonds is 4. The lowest BCUT2D eigenvalue weighted by molar-refractivity contribution is -0.274. The lowest BCUT2D eigenvalue weighted by Crippen LogP contribution is -2.17. The quantitative estimate of drug-likeness (QED) is 0.939. The second kappa shape index (κ2) is 5.58. The van der Waals surface area contributed by atoms with Crippen LogP contribution < -0.4 is 4.74 Å². The minimum absolute atomic E-state index is 0.306. The van der Waals surface area contributed by atoms with Gasteiger partial charge in [-0.2, -0.15) is 0 Å². The minimum Gasteiger partial charge on any atom is -0.406 e. The highest BCUT2D eigenvalue weighted by Crippen LogP contribution is 2.27. The number of hydrogen-bond donors (Lipinski definition) is 1. The van der Waals surface area contributed by atoms with Gasteiger partial charge >= 0.3 is 6.36 Å². The monoisotopic (exact) mass is 289 g/mol. The molecule has 1 atom stereocenters. The second-order valence-electron chi connectivity index (χ2n) is 3.81. The molecule has 0 saturated carbocycles. The molecule has 0 saturated heterocycles. The van der Waals surface area contributed by atoms with Crippen molar-refractivity contribution in [2.45, 2.75) is 18.9 Å². The molecule has 0 fully saturated rings. The predicted molar refractivity (Wildman–Crippen MR) is 63.9 cm³/mol. The van der Waals surface area contributed by atoms with Crippen LogP contribution in [0.2, 0.25) is 0 Å². The molecule has 0 bridgehead atoms. The van der Waals surface area contributed by atoms with E-state index in [1.807, 2.05) is 0 Å². The summed E-state index contributed by atoms with van der Waals surface area (Å²) in [4.78, 5) is 4.73. The average Bonchev–Trinajstić information content (AvgIpc) is 2.80. The Kier molecular flexibility index (Phi) is 4.06. The van der Waals surface area contributed by atoms with Gasteiger partial charge in [-0.3, -0.25) is 4.98 Å². The molecule has 2 rings (SSSR count). The van der Waals surface area contributed by atoms with Crippen LogP contribution in [0.15, 0.2) is 36.0 Å². The Morgan fingerprint density at radius 2 is 2.16 bits per heavy atom. The van der Waals surface area contributed by atoms with Crippen LogP contribution in [0.25, 0.3) is 0 Å². The highest BCUT2D eigenvalue weighted by Gasteiger charge is 2.31. The van der Waals surface area contributed by atoms with E-state index in [-0.39, 0.29) is 5.75 Å². The summed E-state index contributed by atoms with van der Waals surface area (Å²) in [6.07, 6.45) is -3.71. The van der Waals surface area contributed by atoms with Crippen molar-refractivity contribution in [3.05, 3.63) is 46.4 Å². The number of alkyl halides is 3. The Morgan fingerprint density at radius 3 is 2.79 bits per heavy atom. The number of aliphatic hydroxyl groups excluding tert-OH is 1. The second-order valence-corrected chi connectivity index (χ2v) is 4.78. The Morgan fingerprint density at radius 1 is 1.37 bits per heavy atom. The minimum atomic E-state index is -4.73. The molecule has 1 aromatic carbocycles. The number of nitrogens with zero attached hydrogens (tertiary/aromatic N) is 1. The molecule has 19 heavy (non-hydrogen) atoms. The molecule has 102 valence electrons. The number of hydrogen-bond acceptors (Lipinski definition) is 4. The highest BCUT2D eigenvalue weighted by molar-refractivity contribution is 7.09. The molecular formula is C12H10F3NO2S. The molecule has 2 aromatic rings. The molecule has 0 aliphatic heterocycles. The Labute approximate surface area is 111 Å². The third-order valence-electron chi connectivity index (χ3n) is 2.35. The molecule has 0 radical (unpaired) electrons. The van der Waals surface area contributed by atoms with Crippen LogP contribution in [0.3, 0.4) is 0 Å². The van der Waals surface area contributed by atoms with E-state index in [2.05, 4.69) is 9.72 Å². The maximum absolute atomic E-state index is 12.1. The highest BCUT2D eigenvalue weighted by atomic mass is 32.1. The molecule has 0 aliphatic rings. The summed E-state index contributed by atoms with van der Waals surface area (Å²) in [5.74, 6) is -0.339. The zero-order valence-corrected chi connectivity index (χ0v) is 10.4.